The van der Waals surface area contributed by atoms with Crippen molar-refractivity contribution in [1.82, 2.24) is 24.2 Å². The molecule has 0 bridgehead atoms. The third kappa shape index (κ3) is 5.53. The van der Waals surface area contributed by atoms with Crippen LogP contribution in [0, 0.1) is 11.8 Å². The van der Waals surface area contributed by atoms with Gasteiger partial charge in [-0.1, -0.05) is 64.1 Å². The molecule has 1 aliphatic rings. The van der Waals surface area contributed by atoms with E-state index in [4.69, 9.17) is 5.10 Å². The van der Waals surface area contributed by atoms with E-state index >= 15 is 0 Å². The fourth-order valence-corrected chi connectivity index (χ4v) is 4.30. The Labute approximate surface area is 211 Å². The molecular formula is C28H36N6O2. The standard InChI is InChI=1S/C28H36N6O2/c1-19(2)15-29-16-21-10-9-11-22(14-21)18-34-25(30-23-12-7-6-8-13-23)24-26(31-34)33(17-20(3)4)28(36)32(5)27(24)35/h6-13,16,19-20,29-30H,14-15,17-18H2,1-5H3/b21-16+. The summed E-state index contributed by atoms with van der Waals surface area (Å²) >= 11 is 0. The molecule has 3 aromatic rings. The maximum atomic E-state index is 13.3. The first-order chi connectivity index (χ1) is 17.2. The summed E-state index contributed by atoms with van der Waals surface area (Å²) in [6.07, 6.45) is 9.10. The Bertz CT molecular complexity index is 1430. The molecule has 4 rings (SSSR count). The number of hydrogen-bond acceptors (Lipinski definition) is 5. The molecule has 2 N–H and O–H groups in total. The van der Waals surface area contributed by atoms with Crippen molar-refractivity contribution in [3.05, 3.63) is 86.7 Å². The van der Waals surface area contributed by atoms with Gasteiger partial charge in [0.1, 0.15) is 11.2 Å². The van der Waals surface area contributed by atoms with Gasteiger partial charge in [-0.2, -0.15) is 5.10 Å². The van der Waals surface area contributed by atoms with E-state index in [1.54, 1.807) is 4.57 Å². The molecule has 0 saturated carbocycles. The lowest BCUT2D eigenvalue weighted by Crippen LogP contribution is -2.38. The second-order valence-electron chi connectivity index (χ2n) is 10.2. The molecule has 2 heterocycles. The van der Waals surface area contributed by atoms with Crippen molar-refractivity contribution in [2.75, 3.05) is 11.9 Å². The van der Waals surface area contributed by atoms with Crippen LogP contribution in [-0.2, 0) is 20.1 Å². The minimum atomic E-state index is -0.351. The molecule has 8 heteroatoms. The molecule has 36 heavy (non-hydrogen) atoms. The zero-order chi connectivity index (χ0) is 25.8. The largest absolute Gasteiger partial charge is 0.390 e. The first kappa shape index (κ1) is 25.3. The SMILES string of the molecule is CC(C)CN/C=C1\C=CC=C(Cn2nc3c(c2Nc2ccccc2)c(=O)n(C)c(=O)n3CC(C)C)C1. The normalized spacial score (nSPS) is 14.8. The van der Waals surface area contributed by atoms with E-state index in [2.05, 4.69) is 42.8 Å². The number of benzene rings is 1. The molecule has 0 atom stereocenters. The predicted molar refractivity (Wildman–Crippen MR) is 147 cm³/mol. The lowest BCUT2D eigenvalue weighted by molar-refractivity contribution is 0.497. The van der Waals surface area contributed by atoms with Crippen molar-refractivity contribution in [3.8, 4) is 0 Å². The van der Waals surface area contributed by atoms with Crippen LogP contribution in [0.15, 0.2) is 75.5 Å². The topological polar surface area (TPSA) is 85.9 Å². The summed E-state index contributed by atoms with van der Waals surface area (Å²) in [5, 5.41) is 12.1. The molecule has 1 aromatic carbocycles. The van der Waals surface area contributed by atoms with Crippen LogP contribution in [0.2, 0.25) is 0 Å². The van der Waals surface area contributed by atoms with Crippen molar-refractivity contribution >= 4 is 22.5 Å². The van der Waals surface area contributed by atoms with Gasteiger partial charge in [0.2, 0.25) is 0 Å². The molecule has 0 unspecified atom stereocenters. The molecule has 0 radical (unpaired) electrons. The Kier molecular flexibility index (Phi) is 7.62. The average Bonchev–Trinajstić information content (AvgIpc) is 3.18. The van der Waals surface area contributed by atoms with Crippen molar-refractivity contribution in [1.29, 1.82) is 0 Å². The fourth-order valence-electron chi connectivity index (χ4n) is 4.30. The number of aromatic nitrogens is 4. The number of hydrogen-bond donors (Lipinski definition) is 2. The van der Waals surface area contributed by atoms with Gasteiger partial charge in [-0.25, -0.2) is 9.48 Å². The minimum Gasteiger partial charge on any atom is -0.390 e. The Hall–Kier alpha value is -3.81. The van der Waals surface area contributed by atoms with Gasteiger partial charge in [0.05, 0.1) is 6.54 Å². The Morgan fingerprint density at radius 2 is 1.83 bits per heavy atom. The highest BCUT2D eigenvalue weighted by Gasteiger charge is 2.22. The van der Waals surface area contributed by atoms with Gasteiger partial charge in [-0.3, -0.25) is 13.9 Å². The number of rotatable bonds is 9. The summed E-state index contributed by atoms with van der Waals surface area (Å²) < 4.78 is 4.61. The third-order valence-electron chi connectivity index (χ3n) is 6.05. The van der Waals surface area contributed by atoms with Gasteiger partial charge in [0, 0.05) is 25.8 Å². The number of fused-ring (bicyclic) bond motifs is 1. The zero-order valence-electron chi connectivity index (χ0n) is 21.8. The van der Waals surface area contributed by atoms with Crippen LogP contribution in [0.1, 0.15) is 34.1 Å². The first-order valence-electron chi connectivity index (χ1n) is 12.6. The molecule has 190 valence electrons. The molecule has 0 fully saturated rings. The highest BCUT2D eigenvalue weighted by atomic mass is 16.2. The van der Waals surface area contributed by atoms with E-state index in [9.17, 15) is 9.59 Å². The highest BCUT2D eigenvalue weighted by Crippen LogP contribution is 2.27. The van der Waals surface area contributed by atoms with Gasteiger partial charge in [-0.15, -0.1) is 0 Å². The van der Waals surface area contributed by atoms with Gasteiger partial charge >= 0.3 is 5.69 Å². The van der Waals surface area contributed by atoms with Crippen molar-refractivity contribution in [3.63, 3.8) is 0 Å². The summed E-state index contributed by atoms with van der Waals surface area (Å²) in [5.41, 5.74) is 2.91. The van der Waals surface area contributed by atoms with Crippen LogP contribution >= 0.6 is 0 Å². The molecule has 0 saturated heterocycles. The zero-order valence-corrected chi connectivity index (χ0v) is 21.8. The monoisotopic (exact) mass is 488 g/mol. The van der Waals surface area contributed by atoms with Crippen LogP contribution in [0.3, 0.4) is 0 Å². The van der Waals surface area contributed by atoms with Crippen molar-refractivity contribution in [2.45, 2.75) is 47.2 Å². The maximum Gasteiger partial charge on any atom is 0.332 e. The van der Waals surface area contributed by atoms with E-state index in [0.717, 1.165) is 24.2 Å². The molecule has 2 aromatic heterocycles. The summed E-state index contributed by atoms with van der Waals surface area (Å²) in [4.78, 5) is 26.4. The quantitative estimate of drug-likeness (QED) is 0.469. The van der Waals surface area contributed by atoms with Gasteiger partial charge in [0.15, 0.2) is 5.65 Å². The molecule has 0 aliphatic heterocycles. The van der Waals surface area contributed by atoms with Crippen LogP contribution in [-0.4, -0.2) is 25.5 Å². The summed E-state index contributed by atoms with van der Waals surface area (Å²) in [5.74, 6) is 1.38. The van der Waals surface area contributed by atoms with Crippen molar-refractivity contribution < 1.29 is 0 Å². The smallest absolute Gasteiger partial charge is 0.332 e. The Balaban J connectivity index is 1.79. The molecule has 8 nitrogen and oxygen atoms in total. The van der Waals surface area contributed by atoms with Crippen LogP contribution in [0.4, 0.5) is 11.5 Å². The van der Waals surface area contributed by atoms with Gasteiger partial charge in [-0.05, 0) is 47.7 Å². The lowest BCUT2D eigenvalue weighted by Gasteiger charge is -2.15. The molecule has 0 amide bonds. The molecular weight excluding hydrogens is 452 g/mol. The Morgan fingerprint density at radius 1 is 1.08 bits per heavy atom. The van der Waals surface area contributed by atoms with Crippen LogP contribution < -0.4 is 21.9 Å². The second-order valence-corrected chi connectivity index (χ2v) is 10.2. The maximum absolute atomic E-state index is 13.3. The lowest BCUT2D eigenvalue weighted by atomic mass is 10.0. The Morgan fingerprint density at radius 3 is 2.53 bits per heavy atom. The predicted octanol–water partition coefficient (Wildman–Crippen LogP) is 4.31. The van der Waals surface area contributed by atoms with Gasteiger partial charge < -0.3 is 10.6 Å². The third-order valence-corrected chi connectivity index (χ3v) is 6.05. The molecule has 1 aliphatic carbocycles. The summed E-state index contributed by atoms with van der Waals surface area (Å²) in [6, 6.07) is 9.71. The van der Waals surface area contributed by atoms with Gasteiger partial charge in [0.25, 0.3) is 5.56 Å². The highest BCUT2D eigenvalue weighted by molar-refractivity contribution is 5.89. The number of anilines is 2. The number of nitrogens with zero attached hydrogens (tertiary/aromatic N) is 4. The van der Waals surface area contributed by atoms with Crippen LogP contribution in [0.25, 0.3) is 11.0 Å². The number of nitrogens with one attached hydrogen (secondary N) is 2. The second kappa shape index (κ2) is 10.8. The van der Waals surface area contributed by atoms with Crippen LogP contribution in [0.5, 0.6) is 0 Å². The minimum absolute atomic E-state index is 0.219. The van der Waals surface area contributed by atoms with E-state index in [1.807, 2.05) is 54.9 Å². The van der Waals surface area contributed by atoms with Crippen molar-refractivity contribution in [2.24, 2.45) is 18.9 Å². The summed E-state index contributed by atoms with van der Waals surface area (Å²) in [6.45, 7) is 10.3. The first-order valence-corrected chi connectivity index (χ1v) is 12.6. The molecule has 0 spiro atoms. The average molecular weight is 489 g/mol. The van der Waals surface area contributed by atoms with E-state index in [0.29, 0.717) is 35.9 Å². The van der Waals surface area contributed by atoms with E-state index < -0.39 is 0 Å². The van der Waals surface area contributed by atoms with E-state index in [-0.39, 0.29) is 17.2 Å². The fraction of sp³-hybridized carbons (Fsp3) is 0.393. The van der Waals surface area contributed by atoms with E-state index in [1.165, 1.54) is 17.2 Å². The number of allylic oxidation sites excluding steroid dienone is 5. The number of para-hydroxylation sites is 1. The summed E-state index contributed by atoms with van der Waals surface area (Å²) in [7, 11) is 1.53.